The van der Waals surface area contributed by atoms with E-state index in [0.29, 0.717) is 54.5 Å². The van der Waals surface area contributed by atoms with E-state index < -0.39 is 0 Å². The van der Waals surface area contributed by atoms with Crippen molar-refractivity contribution in [1.29, 1.82) is 0 Å². The van der Waals surface area contributed by atoms with Crippen LogP contribution in [0, 0.1) is 0 Å². The average molecular weight is 481 g/mol. The van der Waals surface area contributed by atoms with Gasteiger partial charge >= 0.3 is 0 Å². The van der Waals surface area contributed by atoms with Crippen LogP contribution in [-0.4, -0.2) is 64.7 Å². The van der Waals surface area contributed by atoms with E-state index in [0.717, 1.165) is 11.4 Å². The second-order valence-electron chi connectivity index (χ2n) is 8.62. The molecule has 0 radical (unpaired) electrons. The number of aromatic nitrogens is 2. The maximum Gasteiger partial charge on any atom is 0.257 e. The molecule has 0 spiro atoms. The zero-order valence-corrected chi connectivity index (χ0v) is 20.5. The topological polar surface area (TPSA) is 67.7 Å². The van der Waals surface area contributed by atoms with Gasteiger partial charge in [-0.15, -0.1) is 0 Å². The number of ether oxygens (including phenoxy) is 1. The quantitative estimate of drug-likeness (QED) is 0.533. The first kappa shape index (κ1) is 23.8. The molecule has 3 aromatic rings. The number of carbonyl (C=O) groups is 2. The Kier molecular flexibility index (Phi) is 7.22. The Bertz CT molecular complexity index is 1170. The zero-order valence-electron chi connectivity index (χ0n) is 19.7. The summed E-state index contributed by atoms with van der Waals surface area (Å²) in [5.74, 6) is 0.509. The molecule has 4 rings (SSSR count). The summed E-state index contributed by atoms with van der Waals surface area (Å²) in [5.41, 5.74) is 2.85. The minimum absolute atomic E-state index is 0.0597. The molecule has 1 aliphatic rings. The molecule has 0 bridgehead atoms. The van der Waals surface area contributed by atoms with Crippen molar-refractivity contribution >= 4 is 23.4 Å². The fourth-order valence-electron chi connectivity index (χ4n) is 4.35. The van der Waals surface area contributed by atoms with Gasteiger partial charge in [-0.25, -0.2) is 4.68 Å². The van der Waals surface area contributed by atoms with E-state index in [9.17, 15) is 9.59 Å². The summed E-state index contributed by atoms with van der Waals surface area (Å²) in [4.78, 5) is 30.3. The van der Waals surface area contributed by atoms with Crippen LogP contribution in [0.15, 0.2) is 54.7 Å². The molecule has 1 aromatic heterocycles. The lowest BCUT2D eigenvalue weighted by molar-refractivity contribution is 0.0716. The molecule has 8 heteroatoms. The minimum Gasteiger partial charge on any atom is -0.496 e. The number of para-hydroxylation sites is 1. The molecule has 0 unspecified atom stereocenters. The number of hydrogen-bond donors (Lipinski definition) is 0. The summed E-state index contributed by atoms with van der Waals surface area (Å²) < 4.78 is 7.17. The van der Waals surface area contributed by atoms with Crippen LogP contribution in [0.3, 0.4) is 0 Å². The molecule has 0 saturated carbocycles. The van der Waals surface area contributed by atoms with Crippen LogP contribution in [0.1, 0.15) is 52.6 Å². The fourth-order valence-corrected chi connectivity index (χ4v) is 4.48. The number of benzene rings is 2. The van der Waals surface area contributed by atoms with Gasteiger partial charge in [-0.05, 0) is 48.7 Å². The predicted octanol–water partition coefficient (Wildman–Crippen LogP) is 4.65. The highest BCUT2D eigenvalue weighted by Crippen LogP contribution is 2.26. The molecule has 7 nitrogen and oxygen atoms in total. The third-order valence-electron chi connectivity index (χ3n) is 6.06. The van der Waals surface area contributed by atoms with Crippen LogP contribution in [0.5, 0.6) is 5.75 Å². The fraction of sp³-hybridized carbons (Fsp3) is 0.346. The molecule has 1 fully saturated rings. The number of halogens is 1. The summed E-state index contributed by atoms with van der Waals surface area (Å²) in [6.07, 6.45) is 2.35. The molecule has 1 aliphatic heterocycles. The zero-order chi connectivity index (χ0) is 24.2. The monoisotopic (exact) mass is 480 g/mol. The second kappa shape index (κ2) is 10.3. The van der Waals surface area contributed by atoms with Crippen LogP contribution in [-0.2, 0) is 0 Å². The van der Waals surface area contributed by atoms with E-state index in [1.165, 1.54) is 0 Å². The van der Waals surface area contributed by atoms with Crippen molar-refractivity contribution in [3.8, 4) is 11.4 Å². The average Bonchev–Trinajstić information content (AvgIpc) is 3.15. The highest BCUT2D eigenvalue weighted by Gasteiger charge is 2.28. The Morgan fingerprint density at radius 1 is 0.912 bits per heavy atom. The van der Waals surface area contributed by atoms with Gasteiger partial charge in [-0.2, -0.15) is 5.10 Å². The van der Waals surface area contributed by atoms with E-state index in [4.69, 9.17) is 16.3 Å². The molecule has 1 saturated heterocycles. The highest BCUT2D eigenvalue weighted by atomic mass is 35.5. The van der Waals surface area contributed by atoms with Crippen molar-refractivity contribution in [2.75, 3.05) is 33.3 Å². The minimum atomic E-state index is -0.0785. The lowest BCUT2D eigenvalue weighted by Gasteiger charge is -2.23. The number of nitrogens with zero attached hydrogens (tertiary/aromatic N) is 4. The highest BCUT2D eigenvalue weighted by molar-refractivity contribution is 6.30. The standard InChI is InChI=1S/C26H29ClN4O3/c1-18(2)24-22(17-28-31(24)20-11-9-19(27)10-12-20)26(33)30-14-6-13-29(15-16-30)25(32)21-7-4-5-8-23(21)34-3/h4-5,7-12,17-18H,6,13-16H2,1-3H3. The van der Waals surface area contributed by atoms with Gasteiger partial charge in [0.1, 0.15) is 5.75 Å². The smallest absolute Gasteiger partial charge is 0.257 e. The third-order valence-corrected chi connectivity index (χ3v) is 6.31. The summed E-state index contributed by atoms with van der Waals surface area (Å²) in [5, 5.41) is 5.17. The summed E-state index contributed by atoms with van der Waals surface area (Å²) in [6.45, 7) is 6.20. The molecule has 2 aromatic carbocycles. The Hall–Kier alpha value is -3.32. The molecule has 0 N–H and O–H groups in total. The van der Waals surface area contributed by atoms with Gasteiger partial charge in [0, 0.05) is 31.2 Å². The molecule has 178 valence electrons. The van der Waals surface area contributed by atoms with E-state index >= 15 is 0 Å². The van der Waals surface area contributed by atoms with Crippen LogP contribution in [0.2, 0.25) is 5.02 Å². The predicted molar refractivity (Wildman–Crippen MR) is 132 cm³/mol. The third kappa shape index (κ3) is 4.80. The Balaban J connectivity index is 1.53. The summed E-state index contributed by atoms with van der Waals surface area (Å²) >= 11 is 6.04. The number of carbonyl (C=O) groups excluding carboxylic acids is 2. The van der Waals surface area contributed by atoms with Gasteiger partial charge in [-0.1, -0.05) is 37.6 Å². The van der Waals surface area contributed by atoms with Crippen LogP contribution in [0.25, 0.3) is 5.69 Å². The number of methoxy groups -OCH3 is 1. The maximum atomic E-state index is 13.6. The Morgan fingerprint density at radius 2 is 1.53 bits per heavy atom. The van der Waals surface area contributed by atoms with Gasteiger partial charge in [0.15, 0.2) is 0 Å². The molecule has 2 heterocycles. The molecular formula is C26H29ClN4O3. The van der Waals surface area contributed by atoms with Crippen molar-refractivity contribution in [2.24, 2.45) is 0 Å². The van der Waals surface area contributed by atoms with E-state index in [2.05, 4.69) is 18.9 Å². The molecule has 0 aliphatic carbocycles. The van der Waals surface area contributed by atoms with Gasteiger partial charge in [-0.3, -0.25) is 9.59 Å². The largest absolute Gasteiger partial charge is 0.496 e. The maximum absolute atomic E-state index is 13.6. The van der Waals surface area contributed by atoms with Crippen molar-refractivity contribution in [3.05, 3.63) is 76.6 Å². The van der Waals surface area contributed by atoms with Gasteiger partial charge < -0.3 is 14.5 Å². The first-order valence-corrected chi connectivity index (χ1v) is 11.8. The van der Waals surface area contributed by atoms with Crippen LogP contribution in [0.4, 0.5) is 0 Å². The van der Waals surface area contributed by atoms with E-state index in [-0.39, 0.29) is 17.7 Å². The first-order valence-electron chi connectivity index (χ1n) is 11.5. The normalized spacial score (nSPS) is 14.3. The first-order chi connectivity index (χ1) is 16.4. The number of hydrogen-bond acceptors (Lipinski definition) is 4. The van der Waals surface area contributed by atoms with Gasteiger partial charge in [0.05, 0.1) is 35.8 Å². The van der Waals surface area contributed by atoms with Gasteiger partial charge in [0.25, 0.3) is 11.8 Å². The van der Waals surface area contributed by atoms with E-state index in [1.54, 1.807) is 30.3 Å². The molecular weight excluding hydrogens is 452 g/mol. The SMILES string of the molecule is COc1ccccc1C(=O)N1CCCN(C(=O)c2cnn(-c3ccc(Cl)cc3)c2C(C)C)CC1. The van der Waals surface area contributed by atoms with Crippen molar-refractivity contribution < 1.29 is 14.3 Å². The lowest BCUT2D eigenvalue weighted by atomic mass is 10.0. The van der Waals surface area contributed by atoms with Crippen molar-refractivity contribution in [1.82, 2.24) is 19.6 Å². The van der Waals surface area contributed by atoms with Gasteiger partial charge in [0.2, 0.25) is 0 Å². The Labute approximate surface area is 204 Å². The molecule has 0 atom stereocenters. The van der Waals surface area contributed by atoms with Crippen LogP contribution < -0.4 is 4.74 Å². The van der Waals surface area contributed by atoms with Crippen molar-refractivity contribution in [2.45, 2.75) is 26.2 Å². The lowest BCUT2D eigenvalue weighted by Crippen LogP contribution is -2.37. The molecule has 2 amide bonds. The summed E-state index contributed by atoms with van der Waals surface area (Å²) in [7, 11) is 1.56. The van der Waals surface area contributed by atoms with Crippen LogP contribution >= 0.6 is 11.6 Å². The number of amides is 2. The summed E-state index contributed by atoms with van der Waals surface area (Å²) in [6, 6.07) is 14.6. The van der Waals surface area contributed by atoms with E-state index in [1.807, 2.05) is 46.0 Å². The second-order valence-corrected chi connectivity index (χ2v) is 9.06. The Morgan fingerprint density at radius 3 is 2.15 bits per heavy atom. The molecule has 34 heavy (non-hydrogen) atoms. The van der Waals surface area contributed by atoms with Crippen molar-refractivity contribution in [3.63, 3.8) is 0 Å². The number of rotatable bonds is 5.